The van der Waals surface area contributed by atoms with Gasteiger partial charge in [-0.05, 0) is 30.3 Å². The molecule has 0 aliphatic heterocycles. The van der Waals surface area contributed by atoms with Crippen LogP contribution >= 0.6 is 0 Å². The highest BCUT2D eigenvalue weighted by Gasteiger charge is 2.22. The Bertz CT molecular complexity index is 1370. The molecule has 3 aromatic carbocycles. The Morgan fingerprint density at radius 2 is 1.42 bits per heavy atom. The number of benzene rings is 3. The Kier molecular flexibility index (Phi) is 4.84. The Labute approximate surface area is 180 Å². The van der Waals surface area contributed by atoms with E-state index < -0.39 is 0 Å². The van der Waals surface area contributed by atoms with E-state index in [2.05, 4.69) is 70.7 Å². The van der Waals surface area contributed by atoms with Gasteiger partial charge in [0.1, 0.15) is 0 Å². The molecule has 5 rings (SSSR count). The average Bonchev–Trinajstić information content (AvgIpc) is 3.23. The van der Waals surface area contributed by atoms with Crippen LogP contribution in [0.2, 0.25) is 0 Å². The van der Waals surface area contributed by atoms with Gasteiger partial charge in [-0.3, -0.25) is 18.7 Å². The molecule has 2 heterocycles. The van der Waals surface area contributed by atoms with Crippen LogP contribution in [0.15, 0.2) is 89.7 Å². The van der Waals surface area contributed by atoms with Gasteiger partial charge in [0.25, 0.3) is 5.56 Å². The van der Waals surface area contributed by atoms with Gasteiger partial charge in [0.05, 0.1) is 23.5 Å². The van der Waals surface area contributed by atoms with Gasteiger partial charge in [-0.2, -0.15) is 0 Å². The van der Waals surface area contributed by atoms with Crippen molar-refractivity contribution >= 4 is 16.7 Å². The molecule has 0 aliphatic rings. The van der Waals surface area contributed by atoms with Crippen LogP contribution in [0.3, 0.4) is 0 Å². The van der Waals surface area contributed by atoms with E-state index in [-0.39, 0.29) is 11.6 Å². The van der Waals surface area contributed by atoms with Crippen LogP contribution in [0.25, 0.3) is 16.7 Å². The molecule has 6 heteroatoms. The SMILES string of the molecule is CN(Cc1nnc2n(C)c(=O)c3ccccc3n12)C(c1ccccc1)c1ccccc1. The molecular formula is C25H23N5O. The molecule has 0 bridgehead atoms. The molecule has 0 spiro atoms. The molecule has 6 nitrogen and oxygen atoms in total. The van der Waals surface area contributed by atoms with E-state index in [4.69, 9.17) is 0 Å². The van der Waals surface area contributed by atoms with Crippen LogP contribution in [-0.4, -0.2) is 31.1 Å². The number of aromatic nitrogens is 4. The van der Waals surface area contributed by atoms with Crippen LogP contribution in [-0.2, 0) is 13.6 Å². The van der Waals surface area contributed by atoms with E-state index in [0.29, 0.717) is 17.7 Å². The number of rotatable bonds is 5. The van der Waals surface area contributed by atoms with Crippen molar-refractivity contribution in [1.82, 2.24) is 24.1 Å². The van der Waals surface area contributed by atoms with Crippen LogP contribution in [0.4, 0.5) is 0 Å². The van der Waals surface area contributed by atoms with Crippen molar-refractivity contribution in [1.29, 1.82) is 0 Å². The summed E-state index contributed by atoms with van der Waals surface area (Å²) in [4.78, 5) is 15.0. The van der Waals surface area contributed by atoms with E-state index in [0.717, 1.165) is 11.3 Å². The monoisotopic (exact) mass is 409 g/mol. The standard InChI is InChI=1S/C25H23N5O/c1-28(23(18-11-5-3-6-12-18)19-13-7-4-8-14-19)17-22-26-27-25-29(2)24(31)20-15-9-10-16-21(20)30(22)25/h3-16,23H,17H2,1-2H3. The highest BCUT2D eigenvalue weighted by molar-refractivity contribution is 5.80. The summed E-state index contributed by atoms with van der Waals surface area (Å²) in [5.41, 5.74) is 3.18. The number of fused-ring (bicyclic) bond motifs is 3. The molecular weight excluding hydrogens is 386 g/mol. The lowest BCUT2D eigenvalue weighted by Gasteiger charge is -2.28. The lowest BCUT2D eigenvalue weighted by atomic mass is 9.97. The molecule has 154 valence electrons. The fraction of sp³-hybridized carbons (Fsp3) is 0.160. The molecule has 0 fully saturated rings. The number of nitrogens with zero attached hydrogens (tertiary/aromatic N) is 5. The molecule has 5 aromatic rings. The third kappa shape index (κ3) is 3.31. The summed E-state index contributed by atoms with van der Waals surface area (Å²) in [7, 11) is 3.83. The van der Waals surface area contributed by atoms with Gasteiger partial charge in [0.2, 0.25) is 5.78 Å². The first-order chi connectivity index (χ1) is 15.1. The summed E-state index contributed by atoms with van der Waals surface area (Å²) in [6.07, 6.45) is 0. The summed E-state index contributed by atoms with van der Waals surface area (Å²) in [5.74, 6) is 1.34. The zero-order valence-corrected chi connectivity index (χ0v) is 17.5. The van der Waals surface area contributed by atoms with E-state index >= 15 is 0 Å². The molecule has 2 aromatic heterocycles. The van der Waals surface area contributed by atoms with E-state index in [1.807, 2.05) is 40.8 Å². The van der Waals surface area contributed by atoms with Crippen LogP contribution in [0.1, 0.15) is 23.0 Å². The van der Waals surface area contributed by atoms with E-state index in [9.17, 15) is 4.79 Å². The fourth-order valence-electron chi connectivity index (χ4n) is 4.28. The Morgan fingerprint density at radius 3 is 2.06 bits per heavy atom. The first-order valence-corrected chi connectivity index (χ1v) is 10.3. The average molecular weight is 409 g/mol. The normalized spacial score (nSPS) is 11.7. The highest BCUT2D eigenvalue weighted by Crippen LogP contribution is 2.28. The third-order valence-electron chi connectivity index (χ3n) is 5.76. The molecule has 0 amide bonds. The van der Waals surface area contributed by atoms with Gasteiger partial charge in [-0.25, -0.2) is 0 Å². The highest BCUT2D eigenvalue weighted by atomic mass is 16.1. The maximum absolute atomic E-state index is 12.7. The number of hydrogen-bond acceptors (Lipinski definition) is 4. The lowest BCUT2D eigenvalue weighted by Crippen LogP contribution is -2.27. The molecule has 0 N–H and O–H groups in total. The van der Waals surface area contributed by atoms with E-state index in [1.165, 1.54) is 11.1 Å². The number of aryl methyl sites for hydroxylation is 1. The van der Waals surface area contributed by atoms with Crippen molar-refractivity contribution < 1.29 is 0 Å². The van der Waals surface area contributed by atoms with Gasteiger partial charge in [0.15, 0.2) is 5.82 Å². The lowest BCUT2D eigenvalue weighted by molar-refractivity contribution is 0.263. The second-order valence-electron chi connectivity index (χ2n) is 7.77. The Hall–Kier alpha value is -3.77. The van der Waals surface area contributed by atoms with Crippen LogP contribution in [0, 0.1) is 0 Å². The topological polar surface area (TPSA) is 55.4 Å². The minimum atomic E-state index is -0.0677. The Balaban J connectivity index is 1.62. The molecule has 0 aliphatic carbocycles. The fourth-order valence-corrected chi connectivity index (χ4v) is 4.28. The molecule has 0 saturated carbocycles. The quantitative estimate of drug-likeness (QED) is 0.443. The van der Waals surface area contributed by atoms with Crippen molar-refractivity contribution in [2.24, 2.45) is 7.05 Å². The molecule has 0 saturated heterocycles. The van der Waals surface area contributed by atoms with Gasteiger partial charge >= 0.3 is 0 Å². The van der Waals surface area contributed by atoms with Gasteiger partial charge < -0.3 is 0 Å². The summed E-state index contributed by atoms with van der Waals surface area (Å²) < 4.78 is 3.55. The molecule has 31 heavy (non-hydrogen) atoms. The predicted octanol–water partition coefficient (Wildman–Crippen LogP) is 3.80. The summed E-state index contributed by atoms with van der Waals surface area (Å²) >= 11 is 0. The van der Waals surface area contributed by atoms with E-state index in [1.54, 1.807) is 11.6 Å². The first kappa shape index (κ1) is 19.2. The molecule has 0 atom stereocenters. The molecule has 0 radical (unpaired) electrons. The second-order valence-corrected chi connectivity index (χ2v) is 7.77. The van der Waals surface area contributed by atoms with Crippen molar-refractivity contribution in [3.05, 3.63) is 112 Å². The third-order valence-corrected chi connectivity index (χ3v) is 5.76. The van der Waals surface area contributed by atoms with Gasteiger partial charge in [0, 0.05) is 7.05 Å². The van der Waals surface area contributed by atoms with Crippen molar-refractivity contribution in [3.63, 3.8) is 0 Å². The summed E-state index contributed by atoms with van der Waals surface area (Å²) in [6.45, 7) is 0.567. The Morgan fingerprint density at radius 1 is 0.839 bits per heavy atom. The summed E-state index contributed by atoms with van der Waals surface area (Å²) in [6, 6.07) is 28.6. The smallest absolute Gasteiger partial charge is 0.262 e. The molecule has 0 unspecified atom stereocenters. The van der Waals surface area contributed by atoms with Crippen molar-refractivity contribution in [2.45, 2.75) is 12.6 Å². The van der Waals surface area contributed by atoms with Gasteiger partial charge in [-0.15, -0.1) is 10.2 Å². The maximum Gasteiger partial charge on any atom is 0.262 e. The zero-order valence-electron chi connectivity index (χ0n) is 17.5. The van der Waals surface area contributed by atoms with Crippen molar-refractivity contribution in [2.75, 3.05) is 7.05 Å². The minimum absolute atomic E-state index is 0.0635. The summed E-state index contributed by atoms with van der Waals surface area (Å²) in [5, 5.41) is 9.46. The van der Waals surface area contributed by atoms with Crippen molar-refractivity contribution in [3.8, 4) is 0 Å². The predicted molar refractivity (Wildman–Crippen MR) is 122 cm³/mol. The first-order valence-electron chi connectivity index (χ1n) is 10.3. The second kappa shape index (κ2) is 7.81. The largest absolute Gasteiger partial charge is 0.288 e. The number of para-hydroxylation sites is 1. The minimum Gasteiger partial charge on any atom is -0.288 e. The van der Waals surface area contributed by atoms with Gasteiger partial charge in [-0.1, -0.05) is 72.8 Å². The maximum atomic E-state index is 12.7. The van der Waals surface area contributed by atoms with Crippen LogP contribution in [0.5, 0.6) is 0 Å². The van der Waals surface area contributed by atoms with Crippen LogP contribution < -0.4 is 5.56 Å². The number of hydrogen-bond donors (Lipinski definition) is 0. The zero-order chi connectivity index (χ0) is 21.4.